The minimum atomic E-state index is 0.898. The zero-order chi connectivity index (χ0) is 29.5. The molecule has 0 fully saturated rings. The molecule has 10 aromatic rings. The lowest BCUT2D eigenvalue weighted by atomic mass is 10.0. The number of aromatic nitrogens is 1. The van der Waals surface area contributed by atoms with Crippen molar-refractivity contribution in [2.45, 2.75) is 0 Å². The number of furan rings is 1. The van der Waals surface area contributed by atoms with Crippen molar-refractivity contribution in [3.8, 4) is 27.9 Å². The molecule has 0 saturated heterocycles. The molecular formula is C42H25NOS. The normalized spacial score (nSPS) is 12.0. The van der Waals surface area contributed by atoms with E-state index in [4.69, 9.17) is 4.42 Å². The van der Waals surface area contributed by atoms with Crippen LogP contribution in [0.2, 0.25) is 0 Å². The minimum Gasteiger partial charge on any atom is -0.454 e. The number of nitrogens with zero attached hydrogens (tertiary/aromatic N) is 1. The molecule has 3 aromatic heterocycles. The fraction of sp³-hybridized carbons (Fsp3) is 0. The van der Waals surface area contributed by atoms with Crippen LogP contribution in [0, 0.1) is 0 Å². The highest BCUT2D eigenvalue weighted by Crippen LogP contribution is 2.41. The molecular weight excluding hydrogens is 567 g/mol. The van der Waals surface area contributed by atoms with Gasteiger partial charge in [0.2, 0.25) is 0 Å². The second kappa shape index (κ2) is 9.43. The van der Waals surface area contributed by atoms with Crippen molar-refractivity contribution in [2.75, 3.05) is 0 Å². The van der Waals surface area contributed by atoms with Crippen molar-refractivity contribution in [3.63, 3.8) is 0 Å². The van der Waals surface area contributed by atoms with Gasteiger partial charge in [-0.3, -0.25) is 0 Å². The lowest BCUT2D eigenvalue weighted by Gasteiger charge is -2.09. The minimum absolute atomic E-state index is 0.898. The fourth-order valence-corrected chi connectivity index (χ4v) is 8.23. The Morgan fingerprint density at radius 2 is 1.07 bits per heavy atom. The molecule has 45 heavy (non-hydrogen) atoms. The Bertz CT molecular complexity index is 2760. The summed E-state index contributed by atoms with van der Waals surface area (Å²) >= 11 is 1.86. The molecule has 0 aliphatic carbocycles. The summed E-state index contributed by atoms with van der Waals surface area (Å²) < 4.78 is 11.7. The van der Waals surface area contributed by atoms with E-state index in [2.05, 4.69) is 156 Å². The van der Waals surface area contributed by atoms with Gasteiger partial charge in [-0.05, 0) is 64.7 Å². The molecule has 0 aliphatic rings. The van der Waals surface area contributed by atoms with Gasteiger partial charge in [0.1, 0.15) is 5.58 Å². The van der Waals surface area contributed by atoms with Crippen molar-refractivity contribution < 1.29 is 4.42 Å². The standard InChI is InChI=1S/C42H25NOS/c1-2-9-26(10-3-1)28-17-20-31-30-11-4-6-14-36(30)43(38(31)24-28)37-15-8-13-34-35-23-27(19-22-39(35)44-42(34)37)29-18-21-33-32-12-5-7-16-40(32)45-41(33)25-29/h1-25H. The molecule has 210 valence electrons. The Morgan fingerprint density at radius 3 is 1.98 bits per heavy atom. The predicted octanol–water partition coefficient (Wildman–Crippen LogP) is 12.4. The number of fused-ring (bicyclic) bond motifs is 9. The Balaban J connectivity index is 1.18. The topological polar surface area (TPSA) is 18.1 Å². The largest absolute Gasteiger partial charge is 0.454 e. The highest BCUT2D eigenvalue weighted by atomic mass is 32.1. The molecule has 0 amide bonds. The van der Waals surface area contributed by atoms with Gasteiger partial charge in [-0.25, -0.2) is 0 Å². The van der Waals surface area contributed by atoms with E-state index in [-0.39, 0.29) is 0 Å². The first-order valence-corrected chi connectivity index (χ1v) is 16.1. The van der Waals surface area contributed by atoms with E-state index in [1.54, 1.807) is 0 Å². The van der Waals surface area contributed by atoms with Gasteiger partial charge in [0.25, 0.3) is 0 Å². The van der Waals surface area contributed by atoms with E-state index in [0.717, 1.165) is 27.6 Å². The van der Waals surface area contributed by atoms with Gasteiger partial charge in [-0.15, -0.1) is 11.3 Å². The number of hydrogen-bond donors (Lipinski definition) is 0. The monoisotopic (exact) mass is 591 g/mol. The van der Waals surface area contributed by atoms with Gasteiger partial charge in [0.15, 0.2) is 5.58 Å². The average molecular weight is 592 g/mol. The van der Waals surface area contributed by atoms with Crippen LogP contribution >= 0.6 is 11.3 Å². The van der Waals surface area contributed by atoms with Gasteiger partial charge in [0, 0.05) is 41.7 Å². The predicted molar refractivity (Wildman–Crippen MR) is 192 cm³/mol. The maximum Gasteiger partial charge on any atom is 0.159 e. The van der Waals surface area contributed by atoms with Crippen LogP contribution < -0.4 is 0 Å². The zero-order valence-electron chi connectivity index (χ0n) is 24.2. The van der Waals surface area contributed by atoms with Crippen LogP contribution in [-0.2, 0) is 0 Å². The second-order valence-corrected chi connectivity index (χ2v) is 12.8. The Morgan fingerprint density at radius 1 is 0.400 bits per heavy atom. The molecule has 0 aliphatic heterocycles. The molecule has 3 heteroatoms. The van der Waals surface area contributed by atoms with Crippen LogP contribution in [0.25, 0.3) is 91.9 Å². The van der Waals surface area contributed by atoms with Crippen LogP contribution in [-0.4, -0.2) is 4.57 Å². The van der Waals surface area contributed by atoms with Gasteiger partial charge in [-0.1, -0.05) is 109 Å². The van der Waals surface area contributed by atoms with Crippen molar-refractivity contribution in [1.82, 2.24) is 4.57 Å². The molecule has 10 rings (SSSR count). The highest BCUT2D eigenvalue weighted by molar-refractivity contribution is 7.25. The third-order valence-electron chi connectivity index (χ3n) is 9.21. The van der Waals surface area contributed by atoms with E-state index in [1.807, 2.05) is 11.3 Å². The number of benzene rings is 7. The smallest absolute Gasteiger partial charge is 0.159 e. The third kappa shape index (κ3) is 3.68. The highest BCUT2D eigenvalue weighted by Gasteiger charge is 2.18. The van der Waals surface area contributed by atoms with Crippen LogP contribution in [0.3, 0.4) is 0 Å². The molecule has 0 bridgehead atoms. The molecule has 0 N–H and O–H groups in total. The number of rotatable bonds is 3. The van der Waals surface area contributed by atoms with E-state index >= 15 is 0 Å². The van der Waals surface area contributed by atoms with Crippen LogP contribution in [0.5, 0.6) is 0 Å². The summed E-state index contributed by atoms with van der Waals surface area (Å²) in [6.07, 6.45) is 0. The molecule has 0 spiro atoms. The zero-order valence-corrected chi connectivity index (χ0v) is 25.0. The van der Waals surface area contributed by atoms with E-state index in [0.29, 0.717) is 0 Å². The van der Waals surface area contributed by atoms with Gasteiger partial charge >= 0.3 is 0 Å². The van der Waals surface area contributed by atoms with Crippen molar-refractivity contribution in [1.29, 1.82) is 0 Å². The lowest BCUT2D eigenvalue weighted by Crippen LogP contribution is -1.94. The van der Waals surface area contributed by atoms with E-state index in [1.165, 1.54) is 64.2 Å². The molecule has 0 saturated carbocycles. The number of para-hydroxylation sites is 2. The molecule has 0 radical (unpaired) electrons. The summed E-state index contributed by atoms with van der Waals surface area (Å²) in [6.45, 7) is 0. The summed E-state index contributed by atoms with van der Waals surface area (Å²) in [5.74, 6) is 0. The van der Waals surface area contributed by atoms with Gasteiger partial charge in [-0.2, -0.15) is 0 Å². The fourth-order valence-electron chi connectivity index (χ4n) is 7.08. The van der Waals surface area contributed by atoms with Crippen molar-refractivity contribution in [3.05, 3.63) is 152 Å². The number of hydrogen-bond acceptors (Lipinski definition) is 2. The summed E-state index contributed by atoms with van der Waals surface area (Å²) in [4.78, 5) is 0. The van der Waals surface area contributed by atoms with Gasteiger partial charge < -0.3 is 8.98 Å². The lowest BCUT2D eigenvalue weighted by molar-refractivity contribution is 0.666. The molecule has 2 nitrogen and oxygen atoms in total. The first-order valence-electron chi connectivity index (χ1n) is 15.3. The Labute approximate surface area is 263 Å². The summed E-state index contributed by atoms with van der Waals surface area (Å²) in [5, 5.41) is 7.37. The SMILES string of the molecule is c1ccc(-c2ccc3c4ccccc4n(-c4cccc5c4oc4ccc(-c6ccc7c(c6)sc6ccccc67)cc45)c3c2)cc1. The molecule has 3 heterocycles. The Kier molecular flexibility index (Phi) is 5.19. The maximum absolute atomic E-state index is 6.70. The van der Waals surface area contributed by atoms with Gasteiger partial charge in [0.05, 0.1) is 16.7 Å². The Hall–Kier alpha value is -5.64. The first kappa shape index (κ1) is 24.8. The summed E-state index contributed by atoms with van der Waals surface area (Å²) in [5.41, 5.74) is 10.0. The van der Waals surface area contributed by atoms with E-state index < -0.39 is 0 Å². The number of thiophene rings is 1. The van der Waals surface area contributed by atoms with Crippen LogP contribution in [0.4, 0.5) is 0 Å². The van der Waals surface area contributed by atoms with E-state index in [9.17, 15) is 0 Å². The third-order valence-corrected chi connectivity index (χ3v) is 10.3. The molecule has 0 atom stereocenters. The second-order valence-electron chi connectivity index (χ2n) is 11.7. The first-order chi connectivity index (χ1) is 22.3. The average Bonchev–Trinajstić information content (AvgIpc) is 3.77. The molecule has 7 aromatic carbocycles. The van der Waals surface area contributed by atoms with Crippen molar-refractivity contribution in [2.24, 2.45) is 0 Å². The summed E-state index contributed by atoms with van der Waals surface area (Å²) in [7, 11) is 0. The molecule has 0 unspecified atom stereocenters. The van der Waals surface area contributed by atoms with Crippen LogP contribution in [0.15, 0.2) is 156 Å². The van der Waals surface area contributed by atoms with Crippen molar-refractivity contribution >= 4 is 75.3 Å². The maximum atomic E-state index is 6.70. The van der Waals surface area contributed by atoms with Crippen LogP contribution in [0.1, 0.15) is 0 Å². The summed E-state index contributed by atoms with van der Waals surface area (Å²) in [6, 6.07) is 54.7. The quantitative estimate of drug-likeness (QED) is 0.200.